The summed E-state index contributed by atoms with van der Waals surface area (Å²) >= 11 is 0. The van der Waals surface area contributed by atoms with E-state index in [1.807, 2.05) is 20.8 Å². The van der Waals surface area contributed by atoms with E-state index >= 15 is 0 Å². The number of amides is 1. The van der Waals surface area contributed by atoms with Crippen molar-refractivity contribution in [3.63, 3.8) is 0 Å². The predicted octanol–water partition coefficient (Wildman–Crippen LogP) is 1.79. The summed E-state index contributed by atoms with van der Waals surface area (Å²) in [6, 6.07) is 0.0263. The first-order chi connectivity index (χ1) is 7.44. The van der Waals surface area contributed by atoms with Crippen molar-refractivity contribution in [3.8, 4) is 0 Å². The predicted molar refractivity (Wildman–Crippen MR) is 60.4 cm³/mol. The van der Waals surface area contributed by atoms with E-state index in [1.54, 1.807) is 11.0 Å². The van der Waals surface area contributed by atoms with Crippen LogP contribution in [0.4, 0.5) is 4.79 Å². The zero-order valence-electron chi connectivity index (χ0n) is 10.1. The fourth-order valence-corrected chi connectivity index (χ4v) is 1.68. The van der Waals surface area contributed by atoms with Crippen LogP contribution < -0.4 is 5.90 Å². The number of likely N-dealkylation sites (tertiary alicyclic amines) is 1. The highest BCUT2D eigenvalue weighted by Gasteiger charge is 2.30. The minimum absolute atomic E-state index is 0.0263. The molecule has 0 unspecified atom stereocenters. The van der Waals surface area contributed by atoms with Gasteiger partial charge in [-0.15, -0.1) is 0 Å². The van der Waals surface area contributed by atoms with Gasteiger partial charge in [-0.2, -0.15) is 5.90 Å². The molecule has 0 aromatic rings. The van der Waals surface area contributed by atoms with E-state index in [-0.39, 0.29) is 12.1 Å². The molecule has 0 aromatic heterocycles. The van der Waals surface area contributed by atoms with Gasteiger partial charge in [0.15, 0.2) is 0 Å². The van der Waals surface area contributed by atoms with Crippen molar-refractivity contribution in [3.05, 3.63) is 12.3 Å². The second-order valence-corrected chi connectivity index (χ2v) is 4.85. The molecule has 1 heterocycles. The lowest BCUT2D eigenvalue weighted by Gasteiger charge is -2.27. The maximum Gasteiger partial charge on any atom is 0.410 e. The summed E-state index contributed by atoms with van der Waals surface area (Å²) < 4.78 is 5.31. The van der Waals surface area contributed by atoms with Crippen molar-refractivity contribution in [2.75, 3.05) is 6.54 Å². The molecule has 0 bridgehead atoms. The maximum absolute atomic E-state index is 11.8. The molecule has 0 aliphatic carbocycles. The van der Waals surface area contributed by atoms with E-state index in [2.05, 4.69) is 4.84 Å². The molecule has 1 aliphatic rings. The van der Waals surface area contributed by atoms with Gasteiger partial charge in [-0.25, -0.2) is 4.79 Å². The molecule has 1 rings (SSSR count). The lowest BCUT2D eigenvalue weighted by atomic mass is 10.2. The molecule has 1 aliphatic heterocycles. The Labute approximate surface area is 96.1 Å². The third kappa shape index (κ3) is 3.73. The minimum atomic E-state index is -0.460. The molecular weight excluding hydrogens is 208 g/mol. The smallest absolute Gasteiger partial charge is 0.410 e. The average Bonchev–Trinajstić information content (AvgIpc) is 2.59. The topological polar surface area (TPSA) is 64.8 Å². The SMILES string of the molecule is CC(C)(C)OC(=O)N1CCC[C@H]1/C=C/ON. The van der Waals surface area contributed by atoms with Gasteiger partial charge in [-0.3, -0.25) is 0 Å². The number of carbonyl (C=O) groups is 1. The number of rotatable bonds is 2. The van der Waals surface area contributed by atoms with Gasteiger partial charge in [0.2, 0.25) is 0 Å². The number of nitrogens with zero attached hydrogens (tertiary/aromatic N) is 1. The molecule has 1 amide bonds. The Morgan fingerprint density at radius 1 is 1.50 bits per heavy atom. The molecule has 1 fully saturated rings. The highest BCUT2D eigenvalue weighted by molar-refractivity contribution is 5.69. The van der Waals surface area contributed by atoms with E-state index in [0.717, 1.165) is 12.8 Å². The largest absolute Gasteiger partial charge is 0.444 e. The van der Waals surface area contributed by atoms with Crippen LogP contribution in [0.3, 0.4) is 0 Å². The molecular formula is C11H20N2O3. The van der Waals surface area contributed by atoms with E-state index in [1.165, 1.54) is 6.26 Å². The van der Waals surface area contributed by atoms with E-state index in [0.29, 0.717) is 6.54 Å². The molecule has 1 saturated heterocycles. The molecule has 1 atom stereocenters. The first-order valence-electron chi connectivity index (χ1n) is 5.46. The zero-order chi connectivity index (χ0) is 12.2. The van der Waals surface area contributed by atoms with E-state index in [9.17, 15) is 4.79 Å². The van der Waals surface area contributed by atoms with Crippen LogP contribution in [0.1, 0.15) is 33.6 Å². The quantitative estimate of drug-likeness (QED) is 0.578. The second-order valence-electron chi connectivity index (χ2n) is 4.85. The van der Waals surface area contributed by atoms with Crippen molar-refractivity contribution >= 4 is 6.09 Å². The highest BCUT2D eigenvalue weighted by atomic mass is 16.6. The minimum Gasteiger partial charge on any atom is -0.444 e. The molecule has 2 N–H and O–H groups in total. The average molecular weight is 228 g/mol. The molecule has 5 nitrogen and oxygen atoms in total. The number of carbonyl (C=O) groups excluding carboxylic acids is 1. The summed E-state index contributed by atoms with van der Waals surface area (Å²) in [6.07, 6.45) is 4.78. The van der Waals surface area contributed by atoms with Crippen LogP contribution in [-0.4, -0.2) is 29.2 Å². The fraction of sp³-hybridized carbons (Fsp3) is 0.727. The first kappa shape index (κ1) is 12.8. The van der Waals surface area contributed by atoms with Crippen LogP contribution in [0.2, 0.25) is 0 Å². The molecule has 0 radical (unpaired) electrons. The van der Waals surface area contributed by atoms with Crippen molar-refractivity contribution in [1.82, 2.24) is 4.90 Å². The Kier molecular flexibility index (Phi) is 4.18. The lowest BCUT2D eigenvalue weighted by Crippen LogP contribution is -2.39. The summed E-state index contributed by atoms with van der Waals surface area (Å²) in [5.41, 5.74) is -0.460. The standard InChI is InChI=1S/C11H20N2O3/c1-11(2,3)16-10(14)13-7-4-5-9(13)6-8-15-12/h6,8-9H,4-5,7,12H2,1-3H3/b8-6+/t9-/m0/s1. The lowest BCUT2D eigenvalue weighted by molar-refractivity contribution is 0.0254. The maximum atomic E-state index is 11.8. The Bertz CT molecular complexity index is 271. The van der Waals surface area contributed by atoms with Gasteiger partial charge < -0.3 is 14.5 Å². The van der Waals surface area contributed by atoms with Gasteiger partial charge in [0.25, 0.3) is 0 Å². The zero-order valence-corrected chi connectivity index (χ0v) is 10.1. The van der Waals surface area contributed by atoms with Gasteiger partial charge in [-0.1, -0.05) is 0 Å². The molecule has 16 heavy (non-hydrogen) atoms. The van der Waals surface area contributed by atoms with Crippen LogP contribution >= 0.6 is 0 Å². The number of nitrogens with two attached hydrogens (primary N) is 1. The molecule has 0 aromatic carbocycles. The summed E-state index contributed by atoms with van der Waals surface area (Å²) in [7, 11) is 0. The van der Waals surface area contributed by atoms with Crippen LogP contribution in [0.5, 0.6) is 0 Å². The molecule has 0 spiro atoms. The van der Waals surface area contributed by atoms with Crippen molar-refractivity contribution in [1.29, 1.82) is 0 Å². The van der Waals surface area contributed by atoms with Gasteiger partial charge in [0.1, 0.15) is 11.9 Å². The van der Waals surface area contributed by atoms with Crippen LogP contribution in [0, 0.1) is 0 Å². The Hall–Kier alpha value is -1.23. The number of ether oxygens (including phenoxy) is 1. The highest BCUT2D eigenvalue weighted by Crippen LogP contribution is 2.21. The van der Waals surface area contributed by atoms with Gasteiger partial charge in [-0.05, 0) is 39.7 Å². The Morgan fingerprint density at radius 3 is 2.75 bits per heavy atom. The first-order valence-corrected chi connectivity index (χ1v) is 5.46. The third-order valence-corrected chi connectivity index (χ3v) is 2.31. The molecule has 0 saturated carbocycles. The van der Waals surface area contributed by atoms with Crippen molar-refractivity contribution < 1.29 is 14.4 Å². The van der Waals surface area contributed by atoms with Crippen LogP contribution in [-0.2, 0) is 9.57 Å². The Balaban J connectivity index is 2.57. The summed E-state index contributed by atoms with van der Waals surface area (Å²) in [4.78, 5) is 17.9. The Morgan fingerprint density at radius 2 is 2.19 bits per heavy atom. The summed E-state index contributed by atoms with van der Waals surface area (Å²) in [5.74, 6) is 4.91. The molecule has 5 heteroatoms. The number of hydrogen-bond acceptors (Lipinski definition) is 4. The van der Waals surface area contributed by atoms with Crippen LogP contribution in [0.15, 0.2) is 12.3 Å². The van der Waals surface area contributed by atoms with Crippen molar-refractivity contribution in [2.45, 2.75) is 45.3 Å². The van der Waals surface area contributed by atoms with Crippen LogP contribution in [0.25, 0.3) is 0 Å². The van der Waals surface area contributed by atoms with Gasteiger partial charge >= 0.3 is 6.09 Å². The fourth-order valence-electron chi connectivity index (χ4n) is 1.68. The van der Waals surface area contributed by atoms with Gasteiger partial charge in [0, 0.05) is 6.54 Å². The van der Waals surface area contributed by atoms with Crippen molar-refractivity contribution in [2.24, 2.45) is 5.90 Å². The number of hydrogen-bond donors (Lipinski definition) is 1. The summed E-state index contributed by atoms with van der Waals surface area (Å²) in [5, 5.41) is 0. The van der Waals surface area contributed by atoms with E-state index in [4.69, 9.17) is 10.6 Å². The van der Waals surface area contributed by atoms with E-state index < -0.39 is 5.60 Å². The molecule has 92 valence electrons. The normalized spacial score (nSPS) is 21.5. The monoisotopic (exact) mass is 228 g/mol. The summed E-state index contributed by atoms with van der Waals surface area (Å²) in [6.45, 7) is 6.28. The second kappa shape index (κ2) is 5.21. The third-order valence-electron chi connectivity index (χ3n) is 2.31. The van der Waals surface area contributed by atoms with Gasteiger partial charge in [0.05, 0.1) is 6.04 Å².